The maximum absolute atomic E-state index is 9.03. The van der Waals surface area contributed by atoms with E-state index in [-0.39, 0.29) is 5.88 Å². The summed E-state index contributed by atoms with van der Waals surface area (Å²) in [5.41, 5.74) is 3.01. The van der Waals surface area contributed by atoms with E-state index in [1.165, 1.54) is 0 Å². The largest absolute Gasteiger partial charge is 0.217 e. The molecular formula is C10H9ClN4. The summed E-state index contributed by atoms with van der Waals surface area (Å²) in [6.07, 6.45) is 0. The van der Waals surface area contributed by atoms with Gasteiger partial charge in [0.1, 0.15) is 6.07 Å². The average Bonchev–Trinajstić information content (AvgIpc) is 2.62. The molecule has 0 aliphatic rings. The molecule has 0 atom stereocenters. The van der Waals surface area contributed by atoms with E-state index in [1.807, 2.05) is 19.9 Å². The van der Waals surface area contributed by atoms with E-state index in [1.54, 1.807) is 4.52 Å². The zero-order valence-electron chi connectivity index (χ0n) is 8.45. The van der Waals surface area contributed by atoms with E-state index < -0.39 is 0 Å². The van der Waals surface area contributed by atoms with E-state index in [0.717, 1.165) is 11.3 Å². The lowest BCUT2D eigenvalue weighted by atomic mass is 10.1. The Balaban J connectivity index is 2.89. The van der Waals surface area contributed by atoms with Crippen LogP contribution in [0.3, 0.4) is 0 Å². The quantitative estimate of drug-likeness (QED) is 0.691. The van der Waals surface area contributed by atoms with E-state index >= 15 is 0 Å². The number of nitriles is 1. The van der Waals surface area contributed by atoms with E-state index in [9.17, 15) is 0 Å². The molecule has 0 aliphatic heterocycles. The van der Waals surface area contributed by atoms with Crippen LogP contribution in [0, 0.1) is 25.2 Å². The summed E-state index contributed by atoms with van der Waals surface area (Å²) in [6.45, 7) is 3.81. The summed E-state index contributed by atoms with van der Waals surface area (Å²) in [4.78, 5) is 4.22. The van der Waals surface area contributed by atoms with Crippen LogP contribution in [0.5, 0.6) is 0 Å². The first-order chi connectivity index (χ1) is 7.17. The summed E-state index contributed by atoms with van der Waals surface area (Å²) in [7, 11) is 0. The Morgan fingerprint density at radius 3 is 2.87 bits per heavy atom. The van der Waals surface area contributed by atoms with Gasteiger partial charge in [-0.1, -0.05) is 0 Å². The van der Waals surface area contributed by atoms with Gasteiger partial charge < -0.3 is 0 Å². The Labute approximate surface area is 92.1 Å². The second-order valence-corrected chi connectivity index (χ2v) is 3.62. The van der Waals surface area contributed by atoms with E-state index in [2.05, 4.69) is 16.2 Å². The molecular weight excluding hydrogens is 212 g/mol. The number of hydrogen-bond donors (Lipinski definition) is 0. The maximum Gasteiger partial charge on any atom is 0.173 e. The van der Waals surface area contributed by atoms with Crippen LogP contribution in [0.4, 0.5) is 0 Å². The minimum atomic E-state index is 0.255. The van der Waals surface area contributed by atoms with Gasteiger partial charge in [-0.3, -0.25) is 0 Å². The molecule has 0 radical (unpaired) electrons. The zero-order valence-corrected chi connectivity index (χ0v) is 9.21. The highest BCUT2D eigenvalue weighted by Crippen LogP contribution is 2.16. The van der Waals surface area contributed by atoms with Crippen molar-refractivity contribution < 1.29 is 0 Å². The fourth-order valence-electron chi connectivity index (χ4n) is 1.58. The fraction of sp³-hybridized carbons (Fsp3) is 0.300. The van der Waals surface area contributed by atoms with Crippen LogP contribution in [0.1, 0.15) is 22.6 Å². The molecule has 0 spiro atoms. The standard InChI is InChI=1S/C10H9ClN4/c1-6-3-7(2)15-10(8(6)5-12)13-9(4-11)14-15/h3H,4H2,1-2H3. The van der Waals surface area contributed by atoms with Crippen LogP contribution >= 0.6 is 11.6 Å². The number of aryl methyl sites for hydroxylation is 2. The number of pyridine rings is 1. The average molecular weight is 221 g/mol. The summed E-state index contributed by atoms with van der Waals surface area (Å²) < 4.78 is 1.66. The lowest BCUT2D eigenvalue weighted by Gasteiger charge is -2.02. The van der Waals surface area contributed by atoms with Crippen molar-refractivity contribution >= 4 is 17.2 Å². The zero-order chi connectivity index (χ0) is 11.0. The Kier molecular flexibility index (Phi) is 2.33. The molecule has 0 unspecified atom stereocenters. The molecule has 0 saturated heterocycles. The topological polar surface area (TPSA) is 54.0 Å². The van der Waals surface area contributed by atoms with Gasteiger partial charge >= 0.3 is 0 Å². The molecule has 2 rings (SSSR count). The minimum absolute atomic E-state index is 0.255. The van der Waals surface area contributed by atoms with Gasteiger partial charge in [0, 0.05) is 5.69 Å². The monoisotopic (exact) mass is 220 g/mol. The predicted octanol–water partition coefficient (Wildman–Crippen LogP) is 1.96. The Hall–Kier alpha value is -1.60. The first-order valence-electron chi connectivity index (χ1n) is 4.49. The first-order valence-corrected chi connectivity index (χ1v) is 5.02. The summed E-state index contributed by atoms with van der Waals surface area (Å²) >= 11 is 5.66. The molecule has 2 heterocycles. The molecule has 0 bridgehead atoms. The van der Waals surface area contributed by atoms with Gasteiger partial charge in [-0.2, -0.15) is 5.26 Å². The molecule has 0 saturated carbocycles. The van der Waals surface area contributed by atoms with Gasteiger partial charge in [-0.25, -0.2) is 9.50 Å². The normalized spacial score (nSPS) is 10.5. The third-order valence-electron chi connectivity index (χ3n) is 2.26. The number of rotatable bonds is 1. The molecule has 0 fully saturated rings. The van der Waals surface area contributed by atoms with Gasteiger partial charge in [0.2, 0.25) is 0 Å². The van der Waals surface area contributed by atoms with Gasteiger partial charge in [0.25, 0.3) is 0 Å². The van der Waals surface area contributed by atoms with Crippen molar-refractivity contribution in [2.45, 2.75) is 19.7 Å². The SMILES string of the molecule is Cc1cc(C)n2nc(CCl)nc2c1C#N. The molecule has 0 amide bonds. The molecule has 15 heavy (non-hydrogen) atoms. The fourth-order valence-corrected chi connectivity index (χ4v) is 1.69. The van der Waals surface area contributed by atoms with E-state index in [4.69, 9.17) is 16.9 Å². The Bertz CT molecular complexity index is 565. The maximum atomic E-state index is 9.03. The van der Waals surface area contributed by atoms with Crippen molar-refractivity contribution in [1.82, 2.24) is 14.6 Å². The van der Waals surface area contributed by atoms with Crippen LogP contribution in [0.15, 0.2) is 6.07 Å². The summed E-state index contributed by atoms with van der Waals surface area (Å²) in [5.74, 6) is 0.798. The van der Waals surface area contributed by atoms with Gasteiger partial charge in [-0.05, 0) is 25.5 Å². The second kappa shape index (κ2) is 3.52. The number of fused-ring (bicyclic) bond motifs is 1. The molecule has 0 aromatic carbocycles. The predicted molar refractivity (Wildman–Crippen MR) is 56.7 cm³/mol. The lowest BCUT2D eigenvalue weighted by Crippen LogP contribution is -1.98. The van der Waals surface area contributed by atoms with Crippen molar-refractivity contribution in [3.05, 3.63) is 28.7 Å². The molecule has 76 valence electrons. The summed E-state index contributed by atoms with van der Waals surface area (Å²) in [5, 5.41) is 13.2. The van der Waals surface area contributed by atoms with Crippen molar-refractivity contribution in [2.24, 2.45) is 0 Å². The number of nitrogens with zero attached hydrogens (tertiary/aromatic N) is 4. The molecule has 2 aromatic heterocycles. The number of halogens is 1. The molecule has 4 nitrogen and oxygen atoms in total. The van der Waals surface area contributed by atoms with Crippen molar-refractivity contribution in [2.75, 3.05) is 0 Å². The smallest absolute Gasteiger partial charge is 0.173 e. The third kappa shape index (κ3) is 1.45. The molecule has 5 heteroatoms. The molecule has 0 N–H and O–H groups in total. The van der Waals surface area contributed by atoms with Crippen molar-refractivity contribution in [3.63, 3.8) is 0 Å². The third-order valence-corrected chi connectivity index (χ3v) is 2.50. The van der Waals surface area contributed by atoms with Crippen molar-refractivity contribution in [1.29, 1.82) is 5.26 Å². The molecule has 2 aromatic rings. The minimum Gasteiger partial charge on any atom is -0.217 e. The number of hydrogen-bond acceptors (Lipinski definition) is 3. The Morgan fingerprint density at radius 2 is 2.27 bits per heavy atom. The summed E-state index contributed by atoms with van der Waals surface area (Å²) in [6, 6.07) is 4.05. The number of alkyl halides is 1. The van der Waals surface area contributed by atoms with Gasteiger partial charge in [0.05, 0.1) is 11.4 Å². The van der Waals surface area contributed by atoms with Crippen molar-refractivity contribution in [3.8, 4) is 6.07 Å². The highest BCUT2D eigenvalue weighted by atomic mass is 35.5. The lowest BCUT2D eigenvalue weighted by molar-refractivity contribution is 0.882. The highest BCUT2D eigenvalue weighted by Gasteiger charge is 2.11. The van der Waals surface area contributed by atoms with Crippen LogP contribution in [-0.4, -0.2) is 14.6 Å². The highest BCUT2D eigenvalue weighted by molar-refractivity contribution is 6.16. The number of aromatic nitrogens is 3. The first kappa shape index (κ1) is 9.94. The molecule has 0 aliphatic carbocycles. The second-order valence-electron chi connectivity index (χ2n) is 3.35. The van der Waals surface area contributed by atoms with Crippen LogP contribution in [0.25, 0.3) is 5.65 Å². The Morgan fingerprint density at radius 1 is 1.53 bits per heavy atom. The van der Waals surface area contributed by atoms with Gasteiger partial charge in [-0.15, -0.1) is 16.7 Å². The van der Waals surface area contributed by atoms with E-state index in [0.29, 0.717) is 17.0 Å². The van der Waals surface area contributed by atoms with Crippen LogP contribution in [-0.2, 0) is 5.88 Å². The van der Waals surface area contributed by atoms with Crippen LogP contribution < -0.4 is 0 Å². The van der Waals surface area contributed by atoms with Crippen LogP contribution in [0.2, 0.25) is 0 Å². The van der Waals surface area contributed by atoms with Gasteiger partial charge in [0.15, 0.2) is 11.5 Å².